The van der Waals surface area contributed by atoms with E-state index in [1.165, 1.54) is 7.11 Å². The molecule has 0 amide bonds. The molecular formula is C14H17BrClNO2. The number of ether oxygens (including phenoxy) is 1. The maximum atomic E-state index is 11.6. The molecule has 3 nitrogen and oxygen atoms in total. The highest BCUT2D eigenvalue weighted by atomic mass is 79.9. The van der Waals surface area contributed by atoms with E-state index in [0.717, 1.165) is 47.5 Å². The molecule has 0 aliphatic carbocycles. The fraction of sp³-hybridized carbons (Fsp3) is 0.500. The average Bonchev–Trinajstić information content (AvgIpc) is 2.41. The molecule has 1 saturated heterocycles. The van der Waals surface area contributed by atoms with Crippen LogP contribution in [-0.2, 0) is 16.1 Å². The number of methoxy groups -OCH3 is 1. The van der Waals surface area contributed by atoms with E-state index in [-0.39, 0.29) is 11.9 Å². The van der Waals surface area contributed by atoms with E-state index in [1.807, 2.05) is 18.2 Å². The van der Waals surface area contributed by atoms with Gasteiger partial charge in [0.1, 0.15) is 0 Å². The van der Waals surface area contributed by atoms with Crippen LogP contribution in [0.1, 0.15) is 18.4 Å². The number of hydrogen-bond donors (Lipinski definition) is 0. The van der Waals surface area contributed by atoms with Crippen molar-refractivity contribution in [1.29, 1.82) is 0 Å². The number of piperidine rings is 1. The summed E-state index contributed by atoms with van der Waals surface area (Å²) in [5, 5.41) is 0.759. The number of halogens is 2. The van der Waals surface area contributed by atoms with Gasteiger partial charge in [-0.1, -0.05) is 33.6 Å². The van der Waals surface area contributed by atoms with Crippen molar-refractivity contribution >= 4 is 33.5 Å². The molecular weight excluding hydrogens is 330 g/mol. The first kappa shape index (κ1) is 14.8. The molecule has 0 radical (unpaired) electrons. The maximum absolute atomic E-state index is 11.6. The topological polar surface area (TPSA) is 29.5 Å². The molecule has 19 heavy (non-hydrogen) atoms. The third-order valence-electron chi connectivity index (χ3n) is 3.45. The number of carbonyl (C=O) groups excluding carboxylic acids is 1. The molecule has 1 fully saturated rings. The molecule has 1 aromatic rings. The summed E-state index contributed by atoms with van der Waals surface area (Å²) in [7, 11) is 1.45. The Bertz CT molecular complexity index is 467. The van der Waals surface area contributed by atoms with Crippen molar-refractivity contribution in [2.45, 2.75) is 19.4 Å². The molecule has 0 bridgehead atoms. The molecule has 1 heterocycles. The predicted octanol–water partition coefficient (Wildman–Crippen LogP) is 3.49. The standard InChI is InChI=1S/C14H17BrClNO2/c1-19-14(18)11-3-2-6-17(9-11)8-10-4-5-12(15)7-13(10)16/h4-5,7,11H,2-3,6,8-9H2,1H3. The summed E-state index contributed by atoms with van der Waals surface area (Å²) >= 11 is 9.63. The molecule has 1 aliphatic rings. The SMILES string of the molecule is COC(=O)C1CCCN(Cc2ccc(Br)cc2Cl)C1. The highest BCUT2D eigenvalue weighted by molar-refractivity contribution is 9.10. The van der Waals surface area contributed by atoms with Gasteiger partial charge in [-0.25, -0.2) is 0 Å². The molecule has 1 aliphatic heterocycles. The van der Waals surface area contributed by atoms with Gasteiger partial charge in [0.2, 0.25) is 0 Å². The van der Waals surface area contributed by atoms with E-state index in [0.29, 0.717) is 0 Å². The van der Waals surface area contributed by atoms with Crippen molar-refractivity contribution in [1.82, 2.24) is 4.90 Å². The zero-order chi connectivity index (χ0) is 13.8. The van der Waals surface area contributed by atoms with Crippen LogP contribution in [0.2, 0.25) is 5.02 Å². The summed E-state index contributed by atoms with van der Waals surface area (Å²) in [6, 6.07) is 5.91. The lowest BCUT2D eigenvalue weighted by atomic mass is 9.98. The number of carbonyl (C=O) groups is 1. The molecule has 0 N–H and O–H groups in total. The minimum absolute atomic E-state index is 0.00651. The number of likely N-dealkylation sites (tertiary alicyclic amines) is 1. The van der Waals surface area contributed by atoms with Crippen LogP contribution in [0, 0.1) is 5.92 Å². The number of rotatable bonds is 3. The van der Waals surface area contributed by atoms with Crippen molar-refractivity contribution < 1.29 is 9.53 Å². The van der Waals surface area contributed by atoms with Gasteiger partial charge in [0, 0.05) is 22.6 Å². The highest BCUT2D eigenvalue weighted by Gasteiger charge is 2.26. The van der Waals surface area contributed by atoms with Gasteiger partial charge in [0.05, 0.1) is 13.0 Å². The van der Waals surface area contributed by atoms with Crippen LogP contribution in [-0.4, -0.2) is 31.1 Å². The fourth-order valence-electron chi connectivity index (χ4n) is 2.45. The van der Waals surface area contributed by atoms with Gasteiger partial charge in [-0.05, 0) is 37.1 Å². The lowest BCUT2D eigenvalue weighted by Crippen LogP contribution is -2.38. The number of esters is 1. The second-order valence-electron chi connectivity index (χ2n) is 4.83. The first-order valence-electron chi connectivity index (χ1n) is 6.34. The minimum atomic E-state index is -0.105. The molecule has 5 heteroatoms. The summed E-state index contributed by atoms with van der Waals surface area (Å²) in [5.74, 6) is -0.112. The van der Waals surface area contributed by atoms with E-state index in [4.69, 9.17) is 16.3 Å². The Balaban J connectivity index is 2.00. The Kier molecular flexibility index (Phi) is 5.25. The van der Waals surface area contributed by atoms with E-state index >= 15 is 0 Å². The Morgan fingerprint density at radius 2 is 2.37 bits per heavy atom. The van der Waals surface area contributed by atoms with Gasteiger partial charge in [0.25, 0.3) is 0 Å². The van der Waals surface area contributed by atoms with E-state index < -0.39 is 0 Å². The lowest BCUT2D eigenvalue weighted by Gasteiger charge is -2.31. The molecule has 1 atom stereocenters. The van der Waals surface area contributed by atoms with Crippen LogP contribution >= 0.6 is 27.5 Å². The first-order chi connectivity index (χ1) is 9.10. The van der Waals surface area contributed by atoms with Crippen LogP contribution in [0.3, 0.4) is 0 Å². The van der Waals surface area contributed by atoms with Crippen molar-refractivity contribution in [3.8, 4) is 0 Å². The largest absolute Gasteiger partial charge is 0.469 e. The zero-order valence-electron chi connectivity index (χ0n) is 10.9. The molecule has 0 spiro atoms. The number of nitrogens with zero attached hydrogens (tertiary/aromatic N) is 1. The minimum Gasteiger partial charge on any atom is -0.469 e. The second-order valence-corrected chi connectivity index (χ2v) is 6.16. The molecule has 1 unspecified atom stereocenters. The molecule has 1 aromatic carbocycles. The number of hydrogen-bond acceptors (Lipinski definition) is 3. The van der Waals surface area contributed by atoms with Crippen molar-refractivity contribution in [3.63, 3.8) is 0 Å². The van der Waals surface area contributed by atoms with E-state index in [9.17, 15) is 4.79 Å². The first-order valence-corrected chi connectivity index (χ1v) is 7.51. The molecule has 0 aromatic heterocycles. The van der Waals surface area contributed by atoms with Crippen molar-refractivity contribution in [2.75, 3.05) is 20.2 Å². The van der Waals surface area contributed by atoms with Gasteiger partial charge >= 0.3 is 5.97 Å². The Hall–Kier alpha value is -0.580. The fourth-order valence-corrected chi connectivity index (χ4v) is 3.18. The van der Waals surface area contributed by atoms with Gasteiger partial charge in [-0.3, -0.25) is 9.69 Å². The van der Waals surface area contributed by atoms with Crippen LogP contribution in [0.4, 0.5) is 0 Å². The second kappa shape index (κ2) is 6.73. The van der Waals surface area contributed by atoms with Gasteiger partial charge < -0.3 is 4.74 Å². The van der Waals surface area contributed by atoms with Gasteiger partial charge in [0.15, 0.2) is 0 Å². The van der Waals surface area contributed by atoms with Gasteiger partial charge in [-0.15, -0.1) is 0 Å². The third-order valence-corrected chi connectivity index (χ3v) is 4.29. The number of benzene rings is 1. The summed E-state index contributed by atoms with van der Waals surface area (Å²) in [6.45, 7) is 2.53. The summed E-state index contributed by atoms with van der Waals surface area (Å²) in [6.07, 6.45) is 1.94. The van der Waals surface area contributed by atoms with Crippen LogP contribution in [0.15, 0.2) is 22.7 Å². The van der Waals surface area contributed by atoms with Gasteiger partial charge in [-0.2, -0.15) is 0 Å². The molecule has 2 rings (SSSR count). The summed E-state index contributed by atoms with van der Waals surface area (Å²) in [4.78, 5) is 13.9. The summed E-state index contributed by atoms with van der Waals surface area (Å²) in [5.41, 5.74) is 1.09. The van der Waals surface area contributed by atoms with Crippen molar-refractivity contribution in [2.24, 2.45) is 5.92 Å². The third kappa shape index (κ3) is 3.94. The monoisotopic (exact) mass is 345 g/mol. The maximum Gasteiger partial charge on any atom is 0.309 e. The van der Waals surface area contributed by atoms with E-state index in [1.54, 1.807) is 0 Å². The van der Waals surface area contributed by atoms with Crippen LogP contribution in [0.5, 0.6) is 0 Å². The highest BCUT2D eigenvalue weighted by Crippen LogP contribution is 2.25. The van der Waals surface area contributed by atoms with Crippen LogP contribution in [0.25, 0.3) is 0 Å². The quantitative estimate of drug-likeness (QED) is 0.785. The Morgan fingerprint density at radius 1 is 1.58 bits per heavy atom. The van der Waals surface area contributed by atoms with Crippen LogP contribution < -0.4 is 0 Å². The molecule has 104 valence electrons. The van der Waals surface area contributed by atoms with Crippen molar-refractivity contribution in [3.05, 3.63) is 33.3 Å². The Labute approximate surface area is 127 Å². The van der Waals surface area contributed by atoms with E-state index in [2.05, 4.69) is 20.8 Å². The molecule has 0 saturated carbocycles. The normalized spacial score (nSPS) is 20.3. The Morgan fingerprint density at radius 3 is 3.05 bits per heavy atom. The predicted molar refractivity (Wildman–Crippen MR) is 79.2 cm³/mol. The summed E-state index contributed by atoms with van der Waals surface area (Å²) < 4.78 is 5.81. The smallest absolute Gasteiger partial charge is 0.309 e. The lowest BCUT2D eigenvalue weighted by molar-refractivity contribution is -0.147. The zero-order valence-corrected chi connectivity index (χ0v) is 13.2. The average molecular weight is 347 g/mol.